The summed E-state index contributed by atoms with van der Waals surface area (Å²) in [5, 5.41) is 8.72. The predicted molar refractivity (Wildman–Crippen MR) is 74.5 cm³/mol. The number of piperidine rings is 1. The molecule has 4 heteroatoms. The summed E-state index contributed by atoms with van der Waals surface area (Å²) >= 11 is 1.64. The molecule has 0 aromatic carbocycles. The highest BCUT2D eigenvalue weighted by atomic mass is 32.1. The van der Waals surface area contributed by atoms with Gasteiger partial charge in [-0.1, -0.05) is 6.07 Å². The van der Waals surface area contributed by atoms with E-state index in [9.17, 15) is 4.79 Å². The monoisotopic (exact) mass is 262 g/mol. The molecule has 3 rings (SSSR count). The van der Waals surface area contributed by atoms with Gasteiger partial charge in [0.2, 0.25) is 5.91 Å². The van der Waals surface area contributed by atoms with Gasteiger partial charge in [-0.15, -0.1) is 11.3 Å². The van der Waals surface area contributed by atoms with Gasteiger partial charge in [0.25, 0.3) is 0 Å². The summed E-state index contributed by atoms with van der Waals surface area (Å²) < 4.78 is 0. The molecule has 1 aromatic heterocycles. The second kappa shape index (κ2) is 5.24. The summed E-state index contributed by atoms with van der Waals surface area (Å²) in [5.41, 5.74) is 0. The fourth-order valence-electron chi connectivity index (χ4n) is 2.97. The summed E-state index contributed by atoms with van der Waals surface area (Å²) in [5.74, 6) is 0.0368. The molecule has 3 heterocycles. The van der Waals surface area contributed by atoms with Gasteiger partial charge in [-0.3, -0.25) is 4.79 Å². The molecule has 0 saturated carbocycles. The van der Waals surface area contributed by atoms with E-state index in [1.54, 1.807) is 17.4 Å². The average molecular weight is 262 g/mol. The molecule has 96 valence electrons. The summed E-state index contributed by atoms with van der Waals surface area (Å²) in [6.07, 6.45) is 8.22. The maximum Gasteiger partial charge on any atom is 0.244 e. The molecular weight excluding hydrogens is 244 g/mol. The van der Waals surface area contributed by atoms with Gasteiger partial charge in [0, 0.05) is 29.1 Å². The molecule has 2 bridgehead atoms. The van der Waals surface area contributed by atoms with Crippen LogP contribution in [-0.2, 0) is 4.79 Å². The number of carbonyl (C=O) groups excluding carboxylic acids is 1. The zero-order valence-corrected chi connectivity index (χ0v) is 11.1. The number of hydrogen-bond acceptors (Lipinski definition) is 3. The lowest BCUT2D eigenvalue weighted by atomic mass is 10.00. The second-order valence-corrected chi connectivity index (χ2v) is 6.14. The predicted octanol–water partition coefficient (Wildman–Crippen LogP) is 2.16. The van der Waals surface area contributed by atoms with Gasteiger partial charge in [0.15, 0.2) is 0 Å². The minimum Gasteiger partial charge on any atom is -0.350 e. The molecule has 18 heavy (non-hydrogen) atoms. The van der Waals surface area contributed by atoms with E-state index in [2.05, 4.69) is 10.6 Å². The fourth-order valence-corrected chi connectivity index (χ4v) is 3.59. The quantitative estimate of drug-likeness (QED) is 0.820. The van der Waals surface area contributed by atoms with Crippen molar-refractivity contribution >= 4 is 23.3 Å². The molecule has 2 aliphatic rings. The Balaban J connectivity index is 1.52. The summed E-state index contributed by atoms with van der Waals surface area (Å²) in [7, 11) is 0. The van der Waals surface area contributed by atoms with Crippen molar-refractivity contribution in [1.82, 2.24) is 10.6 Å². The largest absolute Gasteiger partial charge is 0.350 e. The molecular formula is C14H18N2OS. The van der Waals surface area contributed by atoms with Crippen molar-refractivity contribution < 1.29 is 4.79 Å². The number of hydrogen-bond donors (Lipinski definition) is 2. The molecule has 2 aliphatic heterocycles. The Morgan fingerprint density at radius 2 is 2.17 bits per heavy atom. The topological polar surface area (TPSA) is 41.1 Å². The standard InChI is InChI=1S/C14H18N2OS/c17-14(6-5-13-2-1-7-18-13)16-12-8-10-3-4-11(9-12)15-10/h1-2,5-7,10-12,15H,3-4,8-9H2,(H,16,17). The van der Waals surface area contributed by atoms with Crippen molar-refractivity contribution in [3.63, 3.8) is 0 Å². The number of carbonyl (C=O) groups is 1. The Labute approximate surface area is 111 Å². The maximum atomic E-state index is 11.8. The molecule has 0 spiro atoms. The van der Waals surface area contributed by atoms with Gasteiger partial charge in [-0.05, 0) is 43.2 Å². The number of nitrogens with one attached hydrogen (secondary N) is 2. The van der Waals surface area contributed by atoms with E-state index in [4.69, 9.17) is 0 Å². The first kappa shape index (κ1) is 11.9. The van der Waals surface area contributed by atoms with Crippen molar-refractivity contribution in [3.05, 3.63) is 28.5 Å². The minimum absolute atomic E-state index is 0.0368. The molecule has 0 radical (unpaired) electrons. The Kier molecular flexibility index (Phi) is 3.48. The van der Waals surface area contributed by atoms with E-state index in [1.165, 1.54) is 12.8 Å². The van der Waals surface area contributed by atoms with E-state index in [0.717, 1.165) is 17.7 Å². The van der Waals surface area contributed by atoms with Crippen LogP contribution in [0.2, 0.25) is 0 Å². The average Bonchev–Trinajstić information content (AvgIpc) is 2.97. The summed E-state index contributed by atoms with van der Waals surface area (Å²) in [4.78, 5) is 12.9. The normalized spacial score (nSPS) is 30.8. The molecule has 1 aromatic rings. The number of rotatable bonds is 3. The van der Waals surface area contributed by atoms with Crippen molar-refractivity contribution in [2.75, 3.05) is 0 Å². The highest BCUT2D eigenvalue weighted by Gasteiger charge is 2.33. The van der Waals surface area contributed by atoms with E-state index >= 15 is 0 Å². The van der Waals surface area contributed by atoms with Crippen LogP contribution in [0, 0.1) is 0 Å². The van der Waals surface area contributed by atoms with Gasteiger partial charge in [-0.25, -0.2) is 0 Å². The first-order valence-electron chi connectivity index (χ1n) is 6.58. The van der Waals surface area contributed by atoms with E-state index in [1.807, 2.05) is 23.6 Å². The van der Waals surface area contributed by atoms with Crippen LogP contribution in [0.25, 0.3) is 6.08 Å². The van der Waals surface area contributed by atoms with Crippen LogP contribution in [0.4, 0.5) is 0 Å². The van der Waals surface area contributed by atoms with Gasteiger partial charge in [0.1, 0.15) is 0 Å². The lowest BCUT2D eigenvalue weighted by molar-refractivity contribution is -0.117. The number of fused-ring (bicyclic) bond motifs is 2. The molecule has 2 unspecified atom stereocenters. The van der Waals surface area contributed by atoms with Crippen molar-refractivity contribution in [1.29, 1.82) is 0 Å². The first-order valence-corrected chi connectivity index (χ1v) is 7.46. The van der Waals surface area contributed by atoms with Gasteiger partial charge in [0.05, 0.1) is 0 Å². The highest BCUT2D eigenvalue weighted by Crippen LogP contribution is 2.26. The molecule has 0 aliphatic carbocycles. The van der Waals surface area contributed by atoms with Crippen LogP contribution in [0.3, 0.4) is 0 Å². The Hall–Kier alpha value is -1.13. The summed E-state index contributed by atoms with van der Waals surface area (Å²) in [6.45, 7) is 0. The lowest BCUT2D eigenvalue weighted by Gasteiger charge is -2.29. The van der Waals surface area contributed by atoms with Gasteiger partial charge in [-0.2, -0.15) is 0 Å². The molecule has 2 saturated heterocycles. The van der Waals surface area contributed by atoms with Crippen molar-refractivity contribution in [2.45, 2.75) is 43.8 Å². The van der Waals surface area contributed by atoms with Crippen LogP contribution in [-0.4, -0.2) is 24.0 Å². The second-order valence-electron chi connectivity index (χ2n) is 5.16. The molecule has 2 atom stereocenters. The third-order valence-corrected chi connectivity index (χ3v) is 4.60. The third-order valence-electron chi connectivity index (χ3n) is 3.76. The smallest absolute Gasteiger partial charge is 0.244 e. The maximum absolute atomic E-state index is 11.8. The van der Waals surface area contributed by atoms with Crippen molar-refractivity contribution in [3.8, 4) is 0 Å². The van der Waals surface area contributed by atoms with Crippen LogP contribution >= 0.6 is 11.3 Å². The lowest BCUT2D eigenvalue weighted by Crippen LogP contribution is -2.47. The van der Waals surface area contributed by atoms with Crippen LogP contribution in [0.1, 0.15) is 30.6 Å². The van der Waals surface area contributed by atoms with Crippen molar-refractivity contribution in [2.24, 2.45) is 0 Å². The minimum atomic E-state index is 0.0368. The molecule has 2 N–H and O–H groups in total. The fraction of sp³-hybridized carbons (Fsp3) is 0.500. The number of thiophene rings is 1. The summed E-state index contributed by atoms with van der Waals surface area (Å²) in [6, 6.07) is 5.60. The van der Waals surface area contributed by atoms with Gasteiger partial charge < -0.3 is 10.6 Å². The highest BCUT2D eigenvalue weighted by molar-refractivity contribution is 7.10. The molecule has 2 fully saturated rings. The molecule has 1 amide bonds. The Bertz CT molecular complexity index is 429. The van der Waals surface area contributed by atoms with E-state index in [0.29, 0.717) is 18.1 Å². The van der Waals surface area contributed by atoms with E-state index in [-0.39, 0.29) is 5.91 Å². The Morgan fingerprint density at radius 1 is 1.39 bits per heavy atom. The molecule has 3 nitrogen and oxygen atoms in total. The third kappa shape index (κ3) is 2.82. The van der Waals surface area contributed by atoms with Crippen LogP contribution in [0.15, 0.2) is 23.6 Å². The zero-order chi connectivity index (χ0) is 12.4. The first-order chi connectivity index (χ1) is 8.79. The van der Waals surface area contributed by atoms with Crippen LogP contribution < -0.4 is 10.6 Å². The van der Waals surface area contributed by atoms with Gasteiger partial charge >= 0.3 is 0 Å². The number of amides is 1. The SMILES string of the molecule is O=C(C=Cc1cccs1)NC1CC2CCC(C1)N2. The zero-order valence-electron chi connectivity index (χ0n) is 10.3. The van der Waals surface area contributed by atoms with E-state index < -0.39 is 0 Å². The Morgan fingerprint density at radius 3 is 2.83 bits per heavy atom. The van der Waals surface area contributed by atoms with Crippen LogP contribution in [0.5, 0.6) is 0 Å².